The van der Waals surface area contributed by atoms with Gasteiger partial charge in [0.1, 0.15) is 0 Å². The predicted molar refractivity (Wildman–Crippen MR) is 134 cm³/mol. The molecule has 4 rings (SSSR count). The monoisotopic (exact) mass is 476 g/mol. The molecule has 1 aliphatic carbocycles. The second-order valence-corrected chi connectivity index (χ2v) is 10.5. The number of Topliss-reactive ketones (excluding diaryl/α,β-unsaturated/α-hetero) is 1. The Kier molecular flexibility index (Phi) is 6.49. The minimum atomic E-state index is -0.981. The van der Waals surface area contributed by atoms with Crippen molar-refractivity contribution < 1.29 is 19.1 Å². The number of hydrogen-bond acceptors (Lipinski definition) is 6. The van der Waals surface area contributed by atoms with Crippen molar-refractivity contribution in [1.82, 2.24) is 14.8 Å². The molecule has 0 unspecified atom stereocenters. The largest absolute Gasteiger partial charge is 0.451 e. The maximum absolute atomic E-state index is 13.2. The summed E-state index contributed by atoms with van der Waals surface area (Å²) in [5.41, 5.74) is 2.36. The molecule has 0 bridgehead atoms. The fraction of sp³-hybridized carbons (Fsp3) is 0.444. The van der Waals surface area contributed by atoms with Gasteiger partial charge in [-0.05, 0) is 63.9 Å². The molecule has 2 aromatic heterocycles. The van der Waals surface area contributed by atoms with Crippen LogP contribution in [0.25, 0.3) is 11.0 Å². The molecule has 1 saturated carbocycles. The van der Waals surface area contributed by atoms with Crippen LogP contribution in [0, 0.1) is 5.41 Å². The number of ketones is 1. The van der Waals surface area contributed by atoms with E-state index in [9.17, 15) is 14.4 Å². The molecule has 35 heavy (non-hydrogen) atoms. The highest BCUT2D eigenvalue weighted by molar-refractivity contribution is 6.05. The number of hydrogen-bond donors (Lipinski definition) is 1. The van der Waals surface area contributed by atoms with E-state index in [4.69, 9.17) is 9.72 Å². The van der Waals surface area contributed by atoms with Gasteiger partial charge in [0.05, 0.1) is 17.1 Å². The lowest BCUT2D eigenvalue weighted by Crippen LogP contribution is -2.27. The van der Waals surface area contributed by atoms with Gasteiger partial charge in [-0.2, -0.15) is 5.10 Å². The molecular formula is C27H32N4O4. The van der Waals surface area contributed by atoms with Crippen molar-refractivity contribution in [2.45, 2.75) is 72.4 Å². The van der Waals surface area contributed by atoms with E-state index in [1.165, 1.54) is 0 Å². The van der Waals surface area contributed by atoms with Crippen LogP contribution in [0.5, 0.6) is 0 Å². The lowest BCUT2D eigenvalue weighted by molar-refractivity contribution is -0.123. The van der Waals surface area contributed by atoms with E-state index in [0.717, 1.165) is 18.5 Å². The highest BCUT2D eigenvalue weighted by Gasteiger charge is 2.30. The van der Waals surface area contributed by atoms with Gasteiger partial charge in [0, 0.05) is 34.3 Å². The topological polar surface area (TPSA) is 103 Å². The molecule has 1 aliphatic rings. The molecule has 1 N–H and O–H groups in total. The van der Waals surface area contributed by atoms with Crippen molar-refractivity contribution >= 4 is 34.4 Å². The van der Waals surface area contributed by atoms with E-state index in [-0.39, 0.29) is 17.7 Å². The van der Waals surface area contributed by atoms with Gasteiger partial charge in [0.25, 0.3) is 0 Å². The lowest BCUT2D eigenvalue weighted by Gasteiger charge is -2.18. The fourth-order valence-electron chi connectivity index (χ4n) is 3.72. The zero-order chi connectivity index (χ0) is 25.5. The number of pyridine rings is 1. The zero-order valence-electron chi connectivity index (χ0n) is 21.1. The van der Waals surface area contributed by atoms with Gasteiger partial charge in [0.15, 0.2) is 11.8 Å². The van der Waals surface area contributed by atoms with Gasteiger partial charge < -0.3 is 10.1 Å². The Labute approximate surface area is 205 Å². The number of esters is 1. The molecule has 1 atom stereocenters. The molecule has 0 radical (unpaired) electrons. The van der Waals surface area contributed by atoms with Gasteiger partial charge in [-0.1, -0.05) is 20.8 Å². The maximum atomic E-state index is 13.2. The van der Waals surface area contributed by atoms with Gasteiger partial charge in [0.2, 0.25) is 11.7 Å². The van der Waals surface area contributed by atoms with Crippen molar-refractivity contribution in [3.05, 3.63) is 53.3 Å². The first-order valence-electron chi connectivity index (χ1n) is 12.0. The van der Waals surface area contributed by atoms with Crippen LogP contribution in [0.4, 0.5) is 5.69 Å². The summed E-state index contributed by atoms with van der Waals surface area (Å²) < 4.78 is 7.40. The Balaban J connectivity index is 1.51. The molecule has 1 fully saturated rings. The smallest absolute Gasteiger partial charge is 0.339 e. The molecule has 1 aromatic carbocycles. The van der Waals surface area contributed by atoms with Crippen LogP contribution < -0.4 is 5.32 Å². The highest BCUT2D eigenvalue weighted by atomic mass is 16.5. The summed E-state index contributed by atoms with van der Waals surface area (Å²) in [4.78, 5) is 43.1. The van der Waals surface area contributed by atoms with Gasteiger partial charge in [-0.3, -0.25) is 9.59 Å². The zero-order valence-corrected chi connectivity index (χ0v) is 21.1. The fourth-order valence-corrected chi connectivity index (χ4v) is 3.72. The molecule has 184 valence electrons. The van der Waals surface area contributed by atoms with Crippen molar-refractivity contribution in [1.29, 1.82) is 0 Å². The highest BCUT2D eigenvalue weighted by Crippen LogP contribution is 2.40. The van der Waals surface area contributed by atoms with Crippen LogP contribution in [0.1, 0.15) is 92.8 Å². The van der Waals surface area contributed by atoms with E-state index in [0.29, 0.717) is 33.8 Å². The van der Waals surface area contributed by atoms with Crippen LogP contribution in [-0.4, -0.2) is 38.5 Å². The predicted octanol–water partition coefficient (Wildman–Crippen LogP) is 5.30. The van der Waals surface area contributed by atoms with E-state index < -0.39 is 17.5 Å². The molecule has 8 nitrogen and oxygen atoms in total. The summed E-state index contributed by atoms with van der Waals surface area (Å²) in [6, 6.07) is 8.44. The SMILES string of the molecule is CC(C)n1ncc2c(C(=O)O[C@H](C)C(=O)c3ccc(NC(=O)C(C)(C)C)cc3)cc(C3CC3)nc21. The Hall–Kier alpha value is -3.55. The molecule has 1 amide bonds. The normalized spacial score (nSPS) is 14.7. The van der Waals surface area contributed by atoms with Crippen LogP contribution in [0.15, 0.2) is 36.5 Å². The number of ether oxygens (including phenoxy) is 1. The third kappa shape index (κ3) is 5.26. The number of rotatable bonds is 7. The number of fused-ring (bicyclic) bond motifs is 1. The first kappa shape index (κ1) is 24.6. The summed E-state index contributed by atoms with van der Waals surface area (Å²) in [5.74, 6) is -0.665. The summed E-state index contributed by atoms with van der Waals surface area (Å²) in [6.45, 7) is 11.1. The van der Waals surface area contributed by atoms with E-state index in [2.05, 4.69) is 10.4 Å². The van der Waals surface area contributed by atoms with Gasteiger partial charge in [-0.25, -0.2) is 14.5 Å². The number of carbonyl (C=O) groups excluding carboxylic acids is 3. The number of nitrogens with zero attached hydrogens (tertiary/aromatic N) is 3. The lowest BCUT2D eigenvalue weighted by atomic mass is 9.95. The summed E-state index contributed by atoms with van der Waals surface area (Å²) in [7, 11) is 0. The van der Waals surface area contributed by atoms with Crippen molar-refractivity contribution in [2.75, 3.05) is 5.32 Å². The van der Waals surface area contributed by atoms with Crippen LogP contribution >= 0.6 is 0 Å². The third-order valence-electron chi connectivity index (χ3n) is 6.05. The van der Waals surface area contributed by atoms with E-state index in [1.807, 2.05) is 34.6 Å². The maximum Gasteiger partial charge on any atom is 0.339 e. The molecular weight excluding hydrogens is 444 g/mol. The first-order valence-corrected chi connectivity index (χ1v) is 12.0. The van der Waals surface area contributed by atoms with Gasteiger partial charge in [-0.15, -0.1) is 0 Å². The quantitative estimate of drug-likeness (QED) is 0.366. The minimum absolute atomic E-state index is 0.0926. The molecule has 3 aromatic rings. The molecule has 2 heterocycles. The van der Waals surface area contributed by atoms with E-state index >= 15 is 0 Å². The average molecular weight is 477 g/mol. The Morgan fingerprint density at radius 2 is 1.74 bits per heavy atom. The van der Waals surface area contributed by atoms with Crippen LogP contribution in [0.3, 0.4) is 0 Å². The second-order valence-electron chi connectivity index (χ2n) is 10.5. The van der Waals surface area contributed by atoms with Crippen molar-refractivity contribution in [2.24, 2.45) is 5.41 Å². The number of amides is 1. The van der Waals surface area contributed by atoms with E-state index in [1.54, 1.807) is 48.1 Å². The van der Waals surface area contributed by atoms with Gasteiger partial charge >= 0.3 is 5.97 Å². The van der Waals surface area contributed by atoms with Crippen molar-refractivity contribution in [3.63, 3.8) is 0 Å². The van der Waals surface area contributed by atoms with Crippen LogP contribution in [-0.2, 0) is 9.53 Å². The standard InChI is InChI=1S/C27H32N4O4/c1-15(2)31-24-21(14-28-31)20(13-22(30-24)17-7-8-17)25(33)35-16(3)23(32)18-9-11-19(12-10-18)29-26(34)27(4,5)6/h9-17H,7-8H2,1-6H3,(H,29,34)/t16-/m1/s1. The summed E-state index contributed by atoms with van der Waals surface area (Å²) in [6.07, 6.45) is 2.74. The molecule has 8 heteroatoms. The number of anilines is 1. The van der Waals surface area contributed by atoms with Crippen LogP contribution in [0.2, 0.25) is 0 Å². The molecule has 0 aliphatic heterocycles. The Morgan fingerprint density at radius 1 is 1.09 bits per heavy atom. The Bertz CT molecular complexity index is 1280. The third-order valence-corrected chi connectivity index (χ3v) is 6.05. The number of carbonyl (C=O) groups is 3. The first-order chi connectivity index (χ1) is 16.5. The average Bonchev–Trinajstić information content (AvgIpc) is 3.56. The van der Waals surface area contributed by atoms with Crippen molar-refractivity contribution in [3.8, 4) is 0 Å². The summed E-state index contributed by atoms with van der Waals surface area (Å²) >= 11 is 0. The minimum Gasteiger partial charge on any atom is -0.451 e. The number of aromatic nitrogens is 3. The summed E-state index contributed by atoms with van der Waals surface area (Å²) in [5, 5.41) is 7.86. The molecule has 0 spiro atoms. The second kappa shape index (κ2) is 9.24. The number of benzene rings is 1. The molecule has 0 saturated heterocycles. The Morgan fingerprint density at radius 3 is 2.31 bits per heavy atom. The number of nitrogens with one attached hydrogen (secondary N) is 1.